The van der Waals surface area contributed by atoms with Crippen molar-refractivity contribution in [2.24, 2.45) is 0 Å². The van der Waals surface area contributed by atoms with Crippen molar-refractivity contribution in [3.8, 4) is 11.5 Å². The van der Waals surface area contributed by atoms with Crippen LogP contribution in [0.4, 0.5) is 0 Å². The van der Waals surface area contributed by atoms with Crippen LogP contribution in [0.3, 0.4) is 0 Å². The number of aliphatic hydroxyl groups is 1. The quantitative estimate of drug-likeness (QED) is 0.234. The van der Waals surface area contributed by atoms with Crippen LogP contribution in [0.2, 0.25) is 0 Å². The van der Waals surface area contributed by atoms with E-state index in [9.17, 15) is 14.7 Å². The molecule has 0 bridgehead atoms. The van der Waals surface area contributed by atoms with Gasteiger partial charge in [-0.15, -0.1) is 0 Å². The molecule has 1 aliphatic heterocycles. The first-order valence-electron chi connectivity index (χ1n) is 12.6. The fraction of sp³-hybridized carbons (Fsp3) is 0.290. The molecule has 7 nitrogen and oxygen atoms in total. The molecule has 3 aromatic carbocycles. The summed E-state index contributed by atoms with van der Waals surface area (Å²) in [5, 5.41) is 11.3. The maximum atomic E-state index is 13.2. The van der Waals surface area contributed by atoms with Crippen molar-refractivity contribution in [1.29, 1.82) is 0 Å². The van der Waals surface area contributed by atoms with Gasteiger partial charge in [0.15, 0.2) is 0 Å². The molecule has 0 spiro atoms. The summed E-state index contributed by atoms with van der Waals surface area (Å²) in [6.45, 7) is 3.61. The van der Waals surface area contributed by atoms with Crippen molar-refractivity contribution in [1.82, 2.24) is 9.80 Å². The smallest absolute Gasteiger partial charge is 0.295 e. The lowest BCUT2D eigenvalue weighted by Gasteiger charge is -2.26. The predicted molar refractivity (Wildman–Crippen MR) is 147 cm³/mol. The van der Waals surface area contributed by atoms with Crippen LogP contribution in [0.5, 0.6) is 11.5 Å². The standard InChI is InChI=1S/C31H34N2O5/c1-21-7-5-8-22(19-21)20-38-26-15-11-24(12-16-26)29(34)27-28(23-9-13-25(37-4)14-10-23)33(31(36)30(27)35)18-6-17-32(2)3/h5,7-16,19,28,34H,6,17-18,20H2,1-4H3/t28-/m1/s1. The molecule has 0 aromatic heterocycles. The van der Waals surface area contributed by atoms with Crippen LogP contribution in [-0.4, -0.2) is 60.9 Å². The molecule has 4 rings (SSSR count). The van der Waals surface area contributed by atoms with Crippen molar-refractivity contribution in [2.75, 3.05) is 34.3 Å². The second-order valence-corrected chi connectivity index (χ2v) is 9.72. The maximum absolute atomic E-state index is 13.2. The molecule has 1 aliphatic rings. The SMILES string of the molecule is COc1ccc([C@@H]2C(=C(O)c3ccc(OCc4cccc(C)c4)cc3)C(=O)C(=O)N2CCCN(C)C)cc1. The van der Waals surface area contributed by atoms with Gasteiger partial charge in [-0.25, -0.2) is 0 Å². The van der Waals surface area contributed by atoms with E-state index < -0.39 is 17.7 Å². The summed E-state index contributed by atoms with van der Waals surface area (Å²) >= 11 is 0. The Morgan fingerprint density at radius 3 is 2.29 bits per heavy atom. The summed E-state index contributed by atoms with van der Waals surface area (Å²) in [4.78, 5) is 29.9. The minimum atomic E-state index is -0.694. The van der Waals surface area contributed by atoms with Crippen LogP contribution in [0.1, 0.15) is 34.7 Å². The summed E-state index contributed by atoms with van der Waals surface area (Å²) < 4.78 is 11.2. The molecular formula is C31H34N2O5. The largest absolute Gasteiger partial charge is 0.507 e. The molecule has 198 valence electrons. The van der Waals surface area contributed by atoms with E-state index in [2.05, 4.69) is 6.07 Å². The average molecular weight is 515 g/mol. The number of ketones is 1. The monoisotopic (exact) mass is 514 g/mol. The number of aryl methyl sites for hydroxylation is 1. The van der Waals surface area contributed by atoms with Crippen LogP contribution >= 0.6 is 0 Å². The highest BCUT2D eigenvalue weighted by atomic mass is 16.5. The van der Waals surface area contributed by atoms with Crippen LogP contribution in [-0.2, 0) is 16.2 Å². The fourth-order valence-corrected chi connectivity index (χ4v) is 4.63. The van der Waals surface area contributed by atoms with Crippen molar-refractivity contribution in [2.45, 2.75) is 26.0 Å². The third-order valence-corrected chi connectivity index (χ3v) is 6.59. The molecule has 1 heterocycles. The summed E-state index contributed by atoms with van der Waals surface area (Å²) in [5.74, 6) is -0.194. The first-order chi connectivity index (χ1) is 18.3. The summed E-state index contributed by atoms with van der Waals surface area (Å²) in [5.41, 5.74) is 3.48. The Labute approximate surface area is 223 Å². The zero-order chi connectivity index (χ0) is 27.2. The number of rotatable bonds is 10. The van der Waals surface area contributed by atoms with Gasteiger partial charge in [0.1, 0.15) is 23.9 Å². The molecule has 1 fully saturated rings. The Hall–Kier alpha value is -4.10. The Morgan fingerprint density at radius 1 is 0.974 bits per heavy atom. The Kier molecular flexibility index (Phi) is 8.48. The second kappa shape index (κ2) is 12.0. The number of aliphatic hydroxyl groups excluding tert-OH is 1. The van der Waals surface area contributed by atoms with Crippen LogP contribution in [0, 0.1) is 6.92 Å². The second-order valence-electron chi connectivity index (χ2n) is 9.72. The van der Waals surface area contributed by atoms with Crippen molar-refractivity contribution in [3.63, 3.8) is 0 Å². The van der Waals surface area contributed by atoms with Crippen molar-refractivity contribution < 1.29 is 24.2 Å². The number of Topliss-reactive ketones (excluding diaryl/α,β-unsaturated/α-hetero) is 1. The van der Waals surface area contributed by atoms with Crippen LogP contribution in [0.15, 0.2) is 78.4 Å². The summed E-state index contributed by atoms with van der Waals surface area (Å²) in [6, 6.07) is 21.5. The van der Waals surface area contributed by atoms with E-state index in [0.717, 1.165) is 23.2 Å². The number of hydrogen-bond acceptors (Lipinski definition) is 6. The minimum Gasteiger partial charge on any atom is -0.507 e. The number of likely N-dealkylation sites (tertiary alicyclic amines) is 1. The zero-order valence-corrected chi connectivity index (χ0v) is 22.3. The zero-order valence-electron chi connectivity index (χ0n) is 22.3. The van der Waals surface area contributed by atoms with Gasteiger partial charge in [0.25, 0.3) is 11.7 Å². The van der Waals surface area contributed by atoms with Gasteiger partial charge in [-0.2, -0.15) is 0 Å². The van der Waals surface area contributed by atoms with Gasteiger partial charge >= 0.3 is 0 Å². The number of benzene rings is 3. The molecule has 1 saturated heterocycles. The highest BCUT2D eigenvalue weighted by molar-refractivity contribution is 6.46. The third kappa shape index (κ3) is 6.06. The number of carbonyl (C=O) groups excluding carboxylic acids is 2. The fourth-order valence-electron chi connectivity index (χ4n) is 4.63. The number of amides is 1. The molecule has 1 atom stereocenters. The van der Waals surface area contributed by atoms with E-state index in [1.807, 2.05) is 56.3 Å². The minimum absolute atomic E-state index is 0.0819. The first-order valence-corrected chi connectivity index (χ1v) is 12.6. The molecule has 1 N–H and O–H groups in total. The third-order valence-electron chi connectivity index (χ3n) is 6.59. The number of methoxy groups -OCH3 is 1. The number of hydrogen-bond donors (Lipinski definition) is 1. The van der Waals surface area contributed by atoms with E-state index in [1.54, 1.807) is 48.4 Å². The highest BCUT2D eigenvalue weighted by Gasteiger charge is 2.45. The summed E-state index contributed by atoms with van der Waals surface area (Å²) in [7, 11) is 5.50. The van der Waals surface area contributed by atoms with Gasteiger partial charge < -0.3 is 24.4 Å². The van der Waals surface area contributed by atoms with E-state index in [-0.39, 0.29) is 11.3 Å². The van der Waals surface area contributed by atoms with E-state index in [0.29, 0.717) is 36.6 Å². The van der Waals surface area contributed by atoms with Gasteiger partial charge in [0, 0.05) is 12.1 Å². The van der Waals surface area contributed by atoms with Gasteiger partial charge in [0.2, 0.25) is 0 Å². The van der Waals surface area contributed by atoms with Gasteiger partial charge in [-0.1, -0.05) is 42.0 Å². The molecule has 38 heavy (non-hydrogen) atoms. The Bertz CT molecular complexity index is 1310. The molecule has 3 aromatic rings. The van der Waals surface area contributed by atoms with Gasteiger partial charge in [-0.3, -0.25) is 9.59 Å². The van der Waals surface area contributed by atoms with E-state index in [4.69, 9.17) is 9.47 Å². The Balaban J connectivity index is 1.63. The molecule has 7 heteroatoms. The molecule has 1 amide bonds. The molecule has 0 unspecified atom stereocenters. The van der Waals surface area contributed by atoms with Crippen molar-refractivity contribution in [3.05, 3.63) is 101 Å². The highest BCUT2D eigenvalue weighted by Crippen LogP contribution is 2.40. The average Bonchev–Trinajstić information content (AvgIpc) is 3.17. The number of carbonyl (C=O) groups is 2. The topological polar surface area (TPSA) is 79.3 Å². The normalized spacial score (nSPS) is 16.8. The molecular weight excluding hydrogens is 480 g/mol. The van der Waals surface area contributed by atoms with Crippen LogP contribution < -0.4 is 9.47 Å². The molecule has 0 saturated carbocycles. The molecule has 0 aliphatic carbocycles. The Morgan fingerprint density at radius 2 is 1.66 bits per heavy atom. The van der Waals surface area contributed by atoms with Gasteiger partial charge in [0.05, 0.1) is 18.7 Å². The van der Waals surface area contributed by atoms with E-state index >= 15 is 0 Å². The summed E-state index contributed by atoms with van der Waals surface area (Å²) in [6.07, 6.45) is 0.694. The number of ether oxygens (including phenoxy) is 2. The van der Waals surface area contributed by atoms with E-state index in [1.165, 1.54) is 0 Å². The predicted octanol–water partition coefficient (Wildman–Crippen LogP) is 4.96. The lowest BCUT2D eigenvalue weighted by Crippen LogP contribution is -2.32. The maximum Gasteiger partial charge on any atom is 0.295 e. The first kappa shape index (κ1) is 26.9. The molecule has 0 radical (unpaired) electrons. The number of nitrogens with zero attached hydrogens (tertiary/aromatic N) is 2. The van der Waals surface area contributed by atoms with Crippen molar-refractivity contribution >= 4 is 17.4 Å². The van der Waals surface area contributed by atoms with Gasteiger partial charge in [-0.05, 0) is 81.5 Å². The van der Waals surface area contributed by atoms with Crippen LogP contribution in [0.25, 0.3) is 5.76 Å². The lowest BCUT2D eigenvalue weighted by molar-refractivity contribution is -0.139. The lowest BCUT2D eigenvalue weighted by atomic mass is 9.95.